The third-order valence-corrected chi connectivity index (χ3v) is 3.59. The molecule has 0 unspecified atom stereocenters. The number of anilines is 1. The van der Waals surface area contributed by atoms with Gasteiger partial charge in [-0.15, -0.1) is 0 Å². The van der Waals surface area contributed by atoms with E-state index < -0.39 is 12.0 Å². The standard InChI is InChI=1S/C18H17N5O4/c1-11-9-22-15(10-21-11)17(24)23-14-8-13(27-6-5-20-18(25)26)7-12-3-2-4-19-16(12)14/h2-4,7-10,20H,5-6H2,1H3,(H,23,24)(H,25,26). The highest BCUT2D eigenvalue weighted by Gasteiger charge is 2.13. The summed E-state index contributed by atoms with van der Waals surface area (Å²) in [7, 11) is 0. The molecule has 0 saturated carbocycles. The van der Waals surface area contributed by atoms with Gasteiger partial charge in [0, 0.05) is 23.8 Å². The maximum absolute atomic E-state index is 12.5. The second kappa shape index (κ2) is 8.09. The number of amides is 2. The van der Waals surface area contributed by atoms with E-state index in [1.54, 1.807) is 31.3 Å². The second-order valence-electron chi connectivity index (χ2n) is 5.62. The zero-order valence-corrected chi connectivity index (χ0v) is 14.5. The minimum atomic E-state index is -1.12. The molecule has 1 aromatic carbocycles. The number of nitrogens with zero attached hydrogens (tertiary/aromatic N) is 3. The van der Waals surface area contributed by atoms with E-state index >= 15 is 0 Å². The van der Waals surface area contributed by atoms with Crippen LogP contribution in [0, 0.1) is 6.92 Å². The number of hydrogen-bond donors (Lipinski definition) is 3. The number of nitrogens with one attached hydrogen (secondary N) is 2. The van der Waals surface area contributed by atoms with Crippen molar-refractivity contribution in [2.45, 2.75) is 6.92 Å². The van der Waals surface area contributed by atoms with Crippen LogP contribution < -0.4 is 15.4 Å². The Kier molecular flexibility index (Phi) is 5.41. The summed E-state index contributed by atoms with van der Waals surface area (Å²) in [6.45, 7) is 2.07. The molecule has 0 aliphatic rings. The largest absolute Gasteiger partial charge is 0.492 e. The number of aryl methyl sites for hydroxylation is 1. The lowest BCUT2D eigenvalue weighted by atomic mass is 10.1. The SMILES string of the molecule is Cc1cnc(C(=O)Nc2cc(OCCNC(=O)O)cc3cccnc23)cn1. The van der Waals surface area contributed by atoms with Crippen LogP contribution >= 0.6 is 0 Å². The van der Waals surface area contributed by atoms with Gasteiger partial charge >= 0.3 is 6.09 Å². The predicted octanol–water partition coefficient (Wildman–Crippen LogP) is 2.23. The number of carboxylic acid groups (broad SMARTS) is 1. The fourth-order valence-electron chi connectivity index (χ4n) is 2.37. The summed E-state index contributed by atoms with van der Waals surface area (Å²) in [5.41, 5.74) is 1.95. The minimum absolute atomic E-state index is 0.140. The van der Waals surface area contributed by atoms with Crippen LogP contribution in [0.5, 0.6) is 5.75 Å². The first kappa shape index (κ1) is 18.1. The lowest BCUT2D eigenvalue weighted by Crippen LogP contribution is -2.26. The van der Waals surface area contributed by atoms with Gasteiger partial charge in [0.05, 0.1) is 29.6 Å². The van der Waals surface area contributed by atoms with Crippen LogP contribution in [0.15, 0.2) is 42.9 Å². The van der Waals surface area contributed by atoms with Crippen molar-refractivity contribution < 1.29 is 19.4 Å². The molecule has 0 saturated heterocycles. The minimum Gasteiger partial charge on any atom is -0.492 e. The fraction of sp³-hybridized carbons (Fsp3) is 0.167. The highest BCUT2D eigenvalue weighted by atomic mass is 16.5. The number of ether oxygens (including phenoxy) is 1. The van der Waals surface area contributed by atoms with Crippen molar-refractivity contribution in [2.75, 3.05) is 18.5 Å². The Morgan fingerprint density at radius 2 is 2.04 bits per heavy atom. The quantitative estimate of drug-likeness (QED) is 0.570. The lowest BCUT2D eigenvalue weighted by molar-refractivity contribution is 0.102. The van der Waals surface area contributed by atoms with E-state index in [0.717, 1.165) is 5.39 Å². The smallest absolute Gasteiger partial charge is 0.404 e. The van der Waals surface area contributed by atoms with E-state index in [1.807, 2.05) is 6.07 Å². The van der Waals surface area contributed by atoms with Crippen molar-refractivity contribution >= 4 is 28.6 Å². The van der Waals surface area contributed by atoms with Gasteiger partial charge in [-0.3, -0.25) is 14.8 Å². The molecule has 2 heterocycles. The Labute approximate surface area is 154 Å². The molecule has 0 fully saturated rings. The summed E-state index contributed by atoms with van der Waals surface area (Å²) < 4.78 is 5.58. The summed E-state index contributed by atoms with van der Waals surface area (Å²) in [5.74, 6) is 0.0622. The van der Waals surface area contributed by atoms with Crippen LogP contribution in [0.2, 0.25) is 0 Å². The summed E-state index contributed by atoms with van der Waals surface area (Å²) in [6.07, 6.45) is 3.42. The highest BCUT2D eigenvalue weighted by molar-refractivity contribution is 6.07. The van der Waals surface area contributed by atoms with Gasteiger partial charge in [0.25, 0.3) is 5.91 Å². The maximum Gasteiger partial charge on any atom is 0.404 e. The first-order valence-electron chi connectivity index (χ1n) is 8.11. The van der Waals surface area contributed by atoms with Crippen molar-refractivity contribution in [1.29, 1.82) is 0 Å². The van der Waals surface area contributed by atoms with Crippen LogP contribution in [0.1, 0.15) is 16.2 Å². The molecular formula is C18H17N5O4. The van der Waals surface area contributed by atoms with Gasteiger partial charge in [-0.05, 0) is 19.1 Å². The first-order valence-corrected chi connectivity index (χ1v) is 8.11. The van der Waals surface area contributed by atoms with Crippen LogP contribution in [0.25, 0.3) is 10.9 Å². The molecular weight excluding hydrogens is 350 g/mol. The van der Waals surface area contributed by atoms with E-state index in [4.69, 9.17) is 9.84 Å². The van der Waals surface area contributed by atoms with Gasteiger partial charge < -0.3 is 20.5 Å². The Morgan fingerprint density at radius 1 is 1.19 bits per heavy atom. The van der Waals surface area contributed by atoms with Crippen molar-refractivity contribution in [1.82, 2.24) is 20.3 Å². The van der Waals surface area contributed by atoms with Crippen LogP contribution in [0.3, 0.4) is 0 Å². The predicted molar refractivity (Wildman–Crippen MR) is 98.0 cm³/mol. The van der Waals surface area contributed by atoms with Crippen molar-refractivity contribution in [3.63, 3.8) is 0 Å². The van der Waals surface area contributed by atoms with Gasteiger partial charge in [-0.1, -0.05) is 6.07 Å². The van der Waals surface area contributed by atoms with Gasteiger partial charge in [0.1, 0.15) is 18.1 Å². The molecule has 0 bridgehead atoms. The third-order valence-electron chi connectivity index (χ3n) is 3.59. The lowest BCUT2D eigenvalue weighted by Gasteiger charge is -2.12. The molecule has 2 amide bonds. The summed E-state index contributed by atoms with van der Waals surface area (Å²) >= 11 is 0. The van der Waals surface area contributed by atoms with Crippen LogP contribution in [-0.2, 0) is 0 Å². The molecule has 3 N–H and O–H groups in total. The molecule has 9 nitrogen and oxygen atoms in total. The van der Waals surface area contributed by atoms with Gasteiger partial charge in [0.15, 0.2) is 0 Å². The summed E-state index contributed by atoms with van der Waals surface area (Å²) in [6, 6.07) is 7.02. The molecule has 3 rings (SSSR count). The number of rotatable bonds is 6. The normalized spacial score (nSPS) is 10.4. The molecule has 0 aliphatic heterocycles. The monoisotopic (exact) mass is 367 g/mol. The molecule has 9 heteroatoms. The highest BCUT2D eigenvalue weighted by Crippen LogP contribution is 2.28. The number of fused-ring (bicyclic) bond motifs is 1. The van der Waals surface area contributed by atoms with Gasteiger partial charge in [-0.2, -0.15) is 0 Å². The van der Waals surface area contributed by atoms with Crippen molar-refractivity contribution in [3.05, 3.63) is 54.2 Å². The number of carbonyl (C=O) groups is 2. The van der Waals surface area contributed by atoms with Crippen LogP contribution in [0.4, 0.5) is 10.5 Å². The number of benzene rings is 1. The second-order valence-corrected chi connectivity index (χ2v) is 5.62. The van der Waals surface area contributed by atoms with E-state index in [0.29, 0.717) is 22.6 Å². The van der Waals surface area contributed by atoms with E-state index in [-0.39, 0.29) is 18.8 Å². The molecule has 27 heavy (non-hydrogen) atoms. The molecule has 0 spiro atoms. The van der Waals surface area contributed by atoms with E-state index in [9.17, 15) is 9.59 Å². The average molecular weight is 367 g/mol. The maximum atomic E-state index is 12.5. The zero-order chi connectivity index (χ0) is 19.2. The number of hydrogen-bond acceptors (Lipinski definition) is 6. The Morgan fingerprint density at radius 3 is 2.78 bits per heavy atom. The number of pyridine rings is 1. The summed E-state index contributed by atoms with van der Waals surface area (Å²) in [4.78, 5) is 35.4. The molecule has 2 aromatic heterocycles. The Hall–Kier alpha value is -3.75. The average Bonchev–Trinajstić information content (AvgIpc) is 2.65. The molecule has 0 aliphatic carbocycles. The fourth-order valence-corrected chi connectivity index (χ4v) is 2.37. The van der Waals surface area contributed by atoms with E-state index in [2.05, 4.69) is 25.6 Å². The molecule has 138 valence electrons. The Bertz CT molecular complexity index is 975. The zero-order valence-electron chi connectivity index (χ0n) is 14.5. The van der Waals surface area contributed by atoms with Gasteiger partial charge in [0.2, 0.25) is 0 Å². The molecule has 0 radical (unpaired) electrons. The third kappa shape index (κ3) is 4.66. The van der Waals surface area contributed by atoms with Gasteiger partial charge in [-0.25, -0.2) is 9.78 Å². The molecule has 0 atom stereocenters. The van der Waals surface area contributed by atoms with E-state index in [1.165, 1.54) is 12.4 Å². The topological polar surface area (TPSA) is 126 Å². The number of aromatic nitrogens is 3. The summed E-state index contributed by atoms with van der Waals surface area (Å²) in [5, 5.41) is 14.4. The van der Waals surface area contributed by atoms with Crippen LogP contribution in [-0.4, -0.2) is 45.2 Å². The molecule has 3 aromatic rings. The van der Waals surface area contributed by atoms with Crippen molar-refractivity contribution in [2.24, 2.45) is 0 Å². The number of carbonyl (C=O) groups excluding carboxylic acids is 1. The Balaban J connectivity index is 1.83. The van der Waals surface area contributed by atoms with Crippen molar-refractivity contribution in [3.8, 4) is 5.75 Å². The first-order chi connectivity index (χ1) is 13.0.